The number of carbonyl (C=O) groups excluding carboxylic acids is 1. The number of carbonyl (C=O) groups is 1. The maximum absolute atomic E-state index is 12.3. The molecule has 0 spiro atoms. The van der Waals surface area contributed by atoms with Crippen LogP contribution >= 0.6 is 0 Å². The molecule has 7 nitrogen and oxygen atoms in total. The molecule has 2 heterocycles. The van der Waals surface area contributed by atoms with E-state index >= 15 is 0 Å². The first-order valence-corrected chi connectivity index (χ1v) is 8.81. The summed E-state index contributed by atoms with van der Waals surface area (Å²) >= 11 is 0. The molecule has 1 saturated heterocycles. The molecule has 0 unspecified atom stereocenters. The second-order valence-corrected chi connectivity index (χ2v) is 6.79. The fourth-order valence-corrected chi connectivity index (χ4v) is 3.20. The number of aromatic nitrogens is 2. The van der Waals surface area contributed by atoms with E-state index in [0.717, 1.165) is 31.6 Å². The summed E-state index contributed by atoms with van der Waals surface area (Å²) in [4.78, 5) is 26.2. The summed E-state index contributed by atoms with van der Waals surface area (Å²) in [5.41, 5.74) is 1.73. The third-order valence-electron chi connectivity index (χ3n) is 4.97. The van der Waals surface area contributed by atoms with Crippen molar-refractivity contribution in [3.05, 3.63) is 51.9 Å². The topological polar surface area (TPSA) is 87.5 Å². The average molecular weight is 356 g/mol. The summed E-state index contributed by atoms with van der Waals surface area (Å²) in [7, 11) is 1.63. The van der Waals surface area contributed by atoms with Crippen molar-refractivity contribution in [1.82, 2.24) is 15.1 Å². The van der Waals surface area contributed by atoms with Gasteiger partial charge in [0.25, 0.3) is 11.5 Å². The Bertz CT molecular complexity index is 854. The molecule has 3 rings (SSSR count). The van der Waals surface area contributed by atoms with Gasteiger partial charge in [0.1, 0.15) is 5.75 Å². The molecule has 0 aliphatic carbocycles. The summed E-state index contributed by atoms with van der Waals surface area (Å²) in [6.07, 6.45) is 3.56. The Labute approximate surface area is 152 Å². The van der Waals surface area contributed by atoms with Gasteiger partial charge in [0.15, 0.2) is 0 Å². The third kappa shape index (κ3) is 3.87. The van der Waals surface area contributed by atoms with Gasteiger partial charge in [-0.25, -0.2) is 4.68 Å². The van der Waals surface area contributed by atoms with E-state index in [0.29, 0.717) is 23.6 Å². The number of anilines is 1. The molecule has 2 aromatic rings. The first-order chi connectivity index (χ1) is 12.5. The van der Waals surface area contributed by atoms with Crippen LogP contribution in [-0.2, 0) is 7.05 Å². The highest BCUT2D eigenvalue weighted by molar-refractivity contribution is 5.97. The molecule has 1 aromatic carbocycles. The van der Waals surface area contributed by atoms with Crippen molar-refractivity contribution in [3.63, 3.8) is 0 Å². The number of nitrogens with one attached hydrogen (secondary N) is 1. The summed E-state index contributed by atoms with van der Waals surface area (Å²) in [6, 6.07) is 6.77. The standard InChI is InChI=1S/C19H24N4O3/c1-13-4-3-5-16(18(13)25)19(26)20-11-14-6-8-23(9-7-14)15-10-17(24)22(2)21-12-15/h3-5,10,12,14,25H,6-9,11H2,1-2H3,(H,20,26). The fourth-order valence-electron chi connectivity index (χ4n) is 3.20. The van der Waals surface area contributed by atoms with Gasteiger partial charge in [-0.05, 0) is 37.3 Å². The smallest absolute Gasteiger partial charge is 0.268 e. The first-order valence-electron chi connectivity index (χ1n) is 8.81. The van der Waals surface area contributed by atoms with Crippen LogP contribution in [0.1, 0.15) is 28.8 Å². The number of amides is 1. The van der Waals surface area contributed by atoms with E-state index in [2.05, 4.69) is 15.3 Å². The molecule has 0 radical (unpaired) electrons. The van der Waals surface area contributed by atoms with Crippen molar-refractivity contribution in [2.24, 2.45) is 13.0 Å². The van der Waals surface area contributed by atoms with Crippen LogP contribution in [0.15, 0.2) is 35.3 Å². The summed E-state index contributed by atoms with van der Waals surface area (Å²) in [6.45, 7) is 4.00. The van der Waals surface area contributed by atoms with E-state index < -0.39 is 0 Å². The van der Waals surface area contributed by atoms with Gasteiger partial charge in [-0.1, -0.05) is 12.1 Å². The van der Waals surface area contributed by atoms with E-state index in [1.807, 2.05) is 0 Å². The van der Waals surface area contributed by atoms with E-state index in [9.17, 15) is 14.7 Å². The highest BCUT2D eigenvalue weighted by atomic mass is 16.3. The predicted octanol–water partition coefficient (Wildman–Crippen LogP) is 1.44. The molecule has 1 aliphatic heterocycles. The van der Waals surface area contributed by atoms with Gasteiger partial charge in [-0.2, -0.15) is 5.10 Å². The van der Waals surface area contributed by atoms with Gasteiger partial charge in [-0.15, -0.1) is 0 Å². The lowest BCUT2D eigenvalue weighted by molar-refractivity contribution is 0.0942. The number of rotatable bonds is 4. The number of aromatic hydroxyl groups is 1. The zero-order chi connectivity index (χ0) is 18.7. The van der Waals surface area contributed by atoms with Crippen molar-refractivity contribution in [3.8, 4) is 5.75 Å². The molecule has 1 aliphatic rings. The number of aryl methyl sites for hydroxylation is 2. The number of nitrogens with zero attached hydrogens (tertiary/aromatic N) is 3. The number of benzene rings is 1. The van der Waals surface area contributed by atoms with Crippen LogP contribution in [0, 0.1) is 12.8 Å². The molecule has 0 saturated carbocycles. The summed E-state index contributed by atoms with van der Waals surface area (Å²) in [5.74, 6) is 0.170. The maximum Gasteiger partial charge on any atom is 0.268 e. The second-order valence-electron chi connectivity index (χ2n) is 6.79. The minimum Gasteiger partial charge on any atom is -0.507 e. The maximum atomic E-state index is 12.3. The van der Waals surface area contributed by atoms with Crippen molar-refractivity contribution < 1.29 is 9.90 Å². The van der Waals surface area contributed by atoms with Gasteiger partial charge in [-0.3, -0.25) is 9.59 Å². The Kier molecular flexibility index (Phi) is 5.25. The summed E-state index contributed by atoms with van der Waals surface area (Å²) < 4.78 is 1.31. The van der Waals surface area contributed by atoms with E-state index in [1.54, 1.807) is 44.4 Å². The highest BCUT2D eigenvalue weighted by Crippen LogP contribution is 2.23. The van der Waals surface area contributed by atoms with Gasteiger partial charge in [0, 0.05) is 32.7 Å². The number of para-hydroxylation sites is 1. The first kappa shape index (κ1) is 18.0. The Hall–Kier alpha value is -2.83. The number of phenols is 1. The molecule has 1 aromatic heterocycles. The zero-order valence-corrected chi connectivity index (χ0v) is 15.1. The number of piperidine rings is 1. The van der Waals surface area contributed by atoms with Crippen LogP contribution in [0.5, 0.6) is 5.75 Å². The molecule has 7 heteroatoms. The van der Waals surface area contributed by atoms with Gasteiger partial charge in [0.2, 0.25) is 0 Å². The Morgan fingerprint density at radius 1 is 1.35 bits per heavy atom. The van der Waals surface area contributed by atoms with Crippen LogP contribution in [0.3, 0.4) is 0 Å². The van der Waals surface area contributed by atoms with Crippen LogP contribution < -0.4 is 15.8 Å². The molecule has 138 valence electrons. The van der Waals surface area contributed by atoms with E-state index in [4.69, 9.17) is 0 Å². The zero-order valence-electron chi connectivity index (χ0n) is 15.1. The molecular formula is C19H24N4O3. The van der Waals surface area contributed by atoms with Gasteiger partial charge < -0.3 is 15.3 Å². The van der Waals surface area contributed by atoms with E-state index in [1.165, 1.54) is 4.68 Å². The molecular weight excluding hydrogens is 332 g/mol. The highest BCUT2D eigenvalue weighted by Gasteiger charge is 2.21. The Balaban J connectivity index is 1.52. The minimum atomic E-state index is -0.246. The van der Waals surface area contributed by atoms with Crippen LogP contribution in [0.2, 0.25) is 0 Å². The van der Waals surface area contributed by atoms with Crippen LogP contribution in [-0.4, -0.2) is 40.4 Å². The van der Waals surface area contributed by atoms with Gasteiger partial charge >= 0.3 is 0 Å². The Morgan fingerprint density at radius 3 is 2.77 bits per heavy atom. The number of hydrogen-bond acceptors (Lipinski definition) is 5. The van der Waals surface area contributed by atoms with E-state index in [-0.39, 0.29) is 17.2 Å². The summed E-state index contributed by atoms with van der Waals surface area (Å²) in [5, 5.41) is 17.0. The molecule has 0 atom stereocenters. The number of phenolic OH excluding ortho intramolecular Hbond substituents is 1. The van der Waals surface area contributed by atoms with Gasteiger partial charge in [0.05, 0.1) is 17.4 Å². The van der Waals surface area contributed by atoms with Crippen molar-refractivity contribution in [2.75, 3.05) is 24.5 Å². The molecule has 1 fully saturated rings. The quantitative estimate of drug-likeness (QED) is 0.866. The lowest BCUT2D eigenvalue weighted by Crippen LogP contribution is -2.39. The largest absolute Gasteiger partial charge is 0.507 e. The average Bonchev–Trinajstić information content (AvgIpc) is 2.65. The lowest BCUT2D eigenvalue weighted by Gasteiger charge is -2.33. The SMILES string of the molecule is Cc1cccc(C(=O)NCC2CCN(c3cnn(C)c(=O)c3)CC2)c1O. The molecule has 0 bridgehead atoms. The normalized spacial score (nSPS) is 15.1. The molecule has 26 heavy (non-hydrogen) atoms. The lowest BCUT2D eigenvalue weighted by atomic mass is 9.96. The minimum absolute atomic E-state index is 0.0398. The van der Waals surface area contributed by atoms with Crippen molar-refractivity contribution in [2.45, 2.75) is 19.8 Å². The fraction of sp³-hybridized carbons (Fsp3) is 0.421. The van der Waals surface area contributed by atoms with Crippen LogP contribution in [0.4, 0.5) is 5.69 Å². The molecule has 2 N–H and O–H groups in total. The number of hydrogen-bond donors (Lipinski definition) is 2. The Morgan fingerprint density at radius 2 is 2.08 bits per heavy atom. The third-order valence-corrected chi connectivity index (χ3v) is 4.97. The van der Waals surface area contributed by atoms with Crippen LogP contribution in [0.25, 0.3) is 0 Å². The predicted molar refractivity (Wildman–Crippen MR) is 99.6 cm³/mol. The second kappa shape index (κ2) is 7.59. The van der Waals surface area contributed by atoms with Crippen molar-refractivity contribution in [1.29, 1.82) is 0 Å². The van der Waals surface area contributed by atoms with Crippen molar-refractivity contribution >= 4 is 11.6 Å². The molecule has 1 amide bonds. The monoisotopic (exact) mass is 356 g/mol.